The number of aryl methyl sites for hydroxylation is 3. The summed E-state index contributed by atoms with van der Waals surface area (Å²) in [6.45, 7) is 6.72. The number of anilines is 1. The molecule has 4 aromatic rings. The lowest BCUT2D eigenvalue weighted by molar-refractivity contribution is -0.697. The molecule has 0 amide bonds. The number of carbonyl (C=O) groups excluding carboxylic acids is 2. The first-order valence-electron chi connectivity index (χ1n) is 13.5. The summed E-state index contributed by atoms with van der Waals surface area (Å²) in [5.41, 5.74) is 7.06. The number of hydrogen-bond acceptors (Lipinski definition) is 5. The summed E-state index contributed by atoms with van der Waals surface area (Å²) in [6.07, 6.45) is 6.45. The van der Waals surface area contributed by atoms with E-state index in [9.17, 15) is 14.7 Å². The summed E-state index contributed by atoms with van der Waals surface area (Å²) >= 11 is 0. The standard InChI is InChI=1S/C34H36N2O4/c1-23-21-33(40-34(39)28-12-14-30(37)15-13-28)25(3)24(2)31(23)22-32(38)27-10-8-26(9-11-27)7-6-18-36-19-16-29(17-20-36)35(4)5/h8-17,19-21H,6-7,18,22H2,1-5H3/p+1. The fourth-order valence-electron chi connectivity index (χ4n) is 4.72. The Hall–Kier alpha value is -4.45. The van der Waals surface area contributed by atoms with Gasteiger partial charge in [0.1, 0.15) is 18.0 Å². The van der Waals surface area contributed by atoms with Gasteiger partial charge in [0.2, 0.25) is 0 Å². The lowest BCUT2D eigenvalue weighted by atomic mass is 9.92. The Morgan fingerprint density at radius 1 is 0.850 bits per heavy atom. The number of pyridine rings is 1. The SMILES string of the molecule is Cc1cc(OC(=O)c2ccc(O)cc2)c(C)c(C)c1CC(=O)c1ccc(CCC[n+]2ccc(N(C)C)cc2)cc1. The van der Waals surface area contributed by atoms with E-state index < -0.39 is 5.97 Å². The number of carbonyl (C=O) groups is 2. The van der Waals surface area contributed by atoms with Gasteiger partial charge in [-0.15, -0.1) is 0 Å². The maximum absolute atomic E-state index is 13.2. The average Bonchev–Trinajstić information content (AvgIpc) is 2.94. The molecule has 1 heterocycles. The van der Waals surface area contributed by atoms with Gasteiger partial charge in [-0.2, -0.15) is 0 Å². The Labute approximate surface area is 236 Å². The number of rotatable bonds is 10. The molecule has 0 atom stereocenters. The van der Waals surface area contributed by atoms with Crippen LogP contribution in [0.3, 0.4) is 0 Å². The smallest absolute Gasteiger partial charge is 0.343 e. The Bertz CT molecular complexity index is 1490. The van der Waals surface area contributed by atoms with Crippen molar-refractivity contribution in [1.29, 1.82) is 0 Å². The number of esters is 1. The van der Waals surface area contributed by atoms with Gasteiger partial charge in [-0.25, -0.2) is 9.36 Å². The van der Waals surface area contributed by atoms with E-state index in [4.69, 9.17) is 4.74 Å². The number of nitrogens with zero attached hydrogens (tertiary/aromatic N) is 2. The topological polar surface area (TPSA) is 70.7 Å². The molecule has 0 saturated carbocycles. The molecule has 6 nitrogen and oxygen atoms in total. The second kappa shape index (κ2) is 12.6. The number of benzene rings is 3. The number of aromatic nitrogens is 1. The van der Waals surface area contributed by atoms with E-state index >= 15 is 0 Å². The summed E-state index contributed by atoms with van der Waals surface area (Å²) in [4.78, 5) is 27.9. The Balaban J connectivity index is 1.36. The van der Waals surface area contributed by atoms with Gasteiger partial charge in [0, 0.05) is 50.3 Å². The van der Waals surface area contributed by atoms with Gasteiger partial charge in [0.15, 0.2) is 18.2 Å². The minimum atomic E-state index is -0.494. The molecule has 1 aromatic heterocycles. The maximum Gasteiger partial charge on any atom is 0.343 e. The molecule has 0 unspecified atom stereocenters. The highest BCUT2D eigenvalue weighted by molar-refractivity contribution is 5.98. The first-order valence-corrected chi connectivity index (χ1v) is 13.5. The van der Waals surface area contributed by atoms with E-state index in [-0.39, 0.29) is 18.0 Å². The Morgan fingerprint density at radius 2 is 1.48 bits per heavy atom. The first-order chi connectivity index (χ1) is 19.1. The number of ether oxygens (including phenoxy) is 1. The summed E-state index contributed by atoms with van der Waals surface area (Å²) in [5, 5.41) is 9.46. The van der Waals surface area contributed by atoms with Crippen molar-refractivity contribution in [2.45, 2.75) is 46.6 Å². The third-order valence-corrected chi connectivity index (χ3v) is 7.40. The quantitative estimate of drug-likeness (QED) is 0.117. The molecule has 206 valence electrons. The van der Waals surface area contributed by atoms with Crippen LogP contribution in [0.15, 0.2) is 79.1 Å². The molecular formula is C34H37N2O4+. The predicted octanol–water partition coefficient (Wildman–Crippen LogP) is 5.95. The van der Waals surface area contributed by atoms with Gasteiger partial charge in [-0.05, 0) is 85.3 Å². The van der Waals surface area contributed by atoms with E-state index in [0.29, 0.717) is 16.9 Å². The van der Waals surface area contributed by atoms with Crippen LogP contribution in [0.1, 0.15) is 55.0 Å². The molecule has 0 fully saturated rings. The molecule has 0 radical (unpaired) electrons. The molecule has 0 spiro atoms. The fourth-order valence-corrected chi connectivity index (χ4v) is 4.72. The van der Waals surface area contributed by atoms with Gasteiger partial charge in [-0.3, -0.25) is 4.79 Å². The number of phenolic OH excluding ortho intramolecular Hbond substituents is 1. The number of Topliss-reactive ketones (excluding diaryl/α,β-unsaturated/α-hetero) is 1. The molecule has 0 aliphatic heterocycles. The van der Waals surface area contributed by atoms with Gasteiger partial charge in [0.05, 0.1) is 5.56 Å². The Kier molecular flexibility index (Phi) is 9.00. The van der Waals surface area contributed by atoms with Crippen molar-refractivity contribution in [2.75, 3.05) is 19.0 Å². The molecule has 3 aromatic carbocycles. The molecule has 1 N–H and O–H groups in total. The average molecular weight is 538 g/mol. The number of phenols is 1. The zero-order chi connectivity index (χ0) is 28.8. The van der Waals surface area contributed by atoms with Crippen LogP contribution in [0.4, 0.5) is 5.69 Å². The summed E-state index contributed by atoms with van der Waals surface area (Å²) in [7, 11) is 4.07. The van der Waals surface area contributed by atoms with E-state index in [2.05, 4.69) is 34.0 Å². The summed E-state index contributed by atoms with van der Waals surface area (Å²) in [5.74, 6) is 0.124. The van der Waals surface area contributed by atoms with Gasteiger partial charge in [-0.1, -0.05) is 24.3 Å². The molecular weight excluding hydrogens is 500 g/mol. The molecule has 0 saturated heterocycles. The predicted molar refractivity (Wildman–Crippen MR) is 157 cm³/mol. The number of aromatic hydroxyl groups is 1. The monoisotopic (exact) mass is 537 g/mol. The van der Waals surface area contributed by atoms with Crippen molar-refractivity contribution >= 4 is 17.4 Å². The second-order valence-electron chi connectivity index (χ2n) is 10.4. The van der Waals surface area contributed by atoms with E-state index in [1.165, 1.54) is 35.5 Å². The summed E-state index contributed by atoms with van der Waals surface area (Å²) < 4.78 is 7.85. The van der Waals surface area contributed by atoms with Crippen LogP contribution >= 0.6 is 0 Å². The minimum absolute atomic E-state index is 0.0579. The first kappa shape index (κ1) is 28.6. The highest BCUT2D eigenvalue weighted by Gasteiger charge is 2.18. The summed E-state index contributed by atoms with van der Waals surface area (Å²) in [6, 6.07) is 19.9. The van der Waals surface area contributed by atoms with Crippen molar-refractivity contribution in [3.63, 3.8) is 0 Å². The van der Waals surface area contributed by atoms with Crippen LogP contribution in [0.5, 0.6) is 11.5 Å². The van der Waals surface area contributed by atoms with E-state index in [0.717, 1.165) is 41.6 Å². The zero-order valence-corrected chi connectivity index (χ0v) is 23.9. The highest BCUT2D eigenvalue weighted by atomic mass is 16.5. The van der Waals surface area contributed by atoms with Crippen LogP contribution < -0.4 is 14.2 Å². The molecule has 0 bridgehead atoms. The van der Waals surface area contributed by atoms with E-state index in [1.54, 1.807) is 0 Å². The number of ketones is 1. The van der Waals surface area contributed by atoms with Crippen molar-refractivity contribution in [3.8, 4) is 11.5 Å². The van der Waals surface area contributed by atoms with Crippen LogP contribution in [0.2, 0.25) is 0 Å². The third-order valence-electron chi connectivity index (χ3n) is 7.40. The number of hydrogen-bond donors (Lipinski definition) is 1. The molecule has 6 heteroatoms. The van der Waals surface area contributed by atoms with Crippen LogP contribution in [-0.2, 0) is 19.4 Å². The van der Waals surface area contributed by atoms with Crippen molar-refractivity contribution in [2.24, 2.45) is 0 Å². The second-order valence-corrected chi connectivity index (χ2v) is 10.4. The molecule has 4 rings (SSSR count). The van der Waals surface area contributed by atoms with Gasteiger partial charge < -0.3 is 14.7 Å². The van der Waals surface area contributed by atoms with Crippen LogP contribution in [-0.4, -0.2) is 31.0 Å². The Morgan fingerprint density at radius 3 is 2.10 bits per heavy atom. The van der Waals surface area contributed by atoms with Crippen molar-refractivity contribution in [3.05, 3.63) is 118 Å². The van der Waals surface area contributed by atoms with E-state index in [1.807, 2.05) is 65.2 Å². The molecule has 0 aliphatic rings. The van der Waals surface area contributed by atoms with Crippen LogP contribution in [0.25, 0.3) is 0 Å². The lowest BCUT2D eigenvalue weighted by Crippen LogP contribution is -2.33. The van der Waals surface area contributed by atoms with Gasteiger partial charge in [0.25, 0.3) is 0 Å². The molecule has 0 aliphatic carbocycles. The largest absolute Gasteiger partial charge is 0.508 e. The lowest BCUT2D eigenvalue weighted by Gasteiger charge is -2.16. The van der Waals surface area contributed by atoms with Crippen molar-refractivity contribution < 1.29 is 24.0 Å². The third kappa shape index (κ3) is 6.94. The van der Waals surface area contributed by atoms with Crippen LogP contribution in [0, 0.1) is 20.8 Å². The van der Waals surface area contributed by atoms with Crippen molar-refractivity contribution in [1.82, 2.24) is 0 Å². The normalized spacial score (nSPS) is 10.8. The molecule has 40 heavy (non-hydrogen) atoms. The minimum Gasteiger partial charge on any atom is -0.508 e. The maximum atomic E-state index is 13.2. The highest BCUT2D eigenvalue weighted by Crippen LogP contribution is 2.29. The zero-order valence-electron chi connectivity index (χ0n) is 23.9. The van der Waals surface area contributed by atoms with Gasteiger partial charge >= 0.3 is 5.97 Å². The fraction of sp³-hybridized carbons (Fsp3) is 0.265.